The molecule has 0 heterocycles. The monoisotopic (exact) mass is 153 g/mol. The van der Waals surface area contributed by atoms with Crippen LogP contribution in [-0.2, 0) is 0 Å². The molecule has 1 fully saturated rings. The second kappa shape index (κ2) is 1.76. The zero-order valence-corrected chi connectivity index (χ0v) is 6.21. The summed E-state index contributed by atoms with van der Waals surface area (Å²) in [6.45, 7) is 2.62. The van der Waals surface area contributed by atoms with Gasteiger partial charge >= 0.3 is 0 Å². The van der Waals surface area contributed by atoms with Crippen LogP contribution in [-0.4, -0.2) is 10.9 Å². The molecule has 1 nitrogen and oxygen atoms in total. The third-order valence-corrected chi connectivity index (χ3v) is 3.10. The molecule has 1 rings (SSSR count). The Labute approximate surface area is 59.1 Å². The van der Waals surface area contributed by atoms with Gasteiger partial charge < -0.3 is 5.73 Å². The second-order valence-corrected chi connectivity index (χ2v) is 3.75. The van der Waals surface area contributed by atoms with Crippen molar-refractivity contribution in [2.75, 3.05) is 6.54 Å². The maximum Gasteiger partial charge on any atom is 0.125 e. The molecule has 1 aliphatic carbocycles. The van der Waals surface area contributed by atoms with Crippen LogP contribution in [0.5, 0.6) is 0 Å². The van der Waals surface area contributed by atoms with Crippen LogP contribution in [0.1, 0.15) is 6.92 Å². The standard InChI is InChI=1S/C5H9Cl2N/c1-3-4(2-8)5(3,6)7/h3-4H,2,8H2,1H3/t3-,4+/m1/s1. The van der Waals surface area contributed by atoms with Gasteiger partial charge in [-0.05, 0) is 12.5 Å². The lowest BCUT2D eigenvalue weighted by atomic mass is 10.3. The van der Waals surface area contributed by atoms with Crippen molar-refractivity contribution < 1.29 is 0 Å². The Hall–Kier alpha value is 0.540. The largest absolute Gasteiger partial charge is 0.330 e. The first-order chi connectivity index (χ1) is 3.60. The molecule has 0 aromatic rings. The van der Waals surface area contributed by atoms with E-state index in [-0.39, 0.29) is 0 Å². The second-order valence-electron chi connectivity index (χ2n) is 2.31. The van der Waals surface area contributed by atoms with Gasteiger partial charge in [-0.3, -0.25) is 0 Å². The number of nitrogens with two attached hydrogens (primary N) is 1. The summed E-state index contributed by atoms with van der Waals surface area (Å²) in [5, 5.41) is 0. The summed E-state index contributed by atoms with van der Waals surface area (Å²) in [6, 6.07) is 0. The quantitative estimate of drug-likeness (QED) is 0.567. The lowest BCUT2D eigenvalue weighted by Gasteiger charge is -1.90. The fourth-order valence-electron chi connectivity index (χ4n) is 0.921. The van der Waals surface area contributed by atoms with Crippen molar-refractivity contribution in [3.63, 3.8) is 0 Å². The van der Waals surface area contributed by atoms with Gasteiger partial charge in [0.15, 0.2) is 0 Å². The molecule has 8 heavy (non-hydrogen) atoms. The van der Waals surface area contributed by atoms with Crippen LogP contribution < -0.4 is 5.73 Å². The molecule has 3 heteroatoms. The SMILES string of the molecule is C[C@@H]1[C@H](CN)C1(Cl)Cl. The van der Waals surface area contributed by atoms with Gasteiger partial charge in [0, 0.05) is 5.92 Å². The molecule has 0 aromatic heterocycles. The van der Waals surface area contributed by atoms with Crippen molar-refractivity contribution >= 4 is 23.2 Å². The highest BCUT2D eigenvalue weighted by atomic mass is 35.5. The van der Waals surface area contributed by atoms with E-state index in [1.165, 1.54) is 0 Å². The molecule has 0 spiro atoms. The highest BCUT2D eigenvalue weighted by Crippen LogP contribution is 2.58. The summed E-state index contributed by atoms with van der Waals surface area (Å²) in [6.07, 6.45) is 0. The molecule has 2 N–H and O–H groups in total. The van der Waals surface area contributed by atoms with Crippen LogP contribution in [0.15, 0.2) is 0 Å². The van der Waals surface area contributed by atoms with E-state index in [4.69, 9.17) is 28.9 Å². The summed E-state index contributed by atoms with van der Waals surface area (Å²) in [4.78, 5) is 0. The maximum atomic E-state index is 5.74. The summed E-state index contributed by atoms with van der Waals surface area (Å²) < 4.78 is -0.505. The Kier molecular flexibility index (Phi) is 1.46. The summed E-state index contributed by atoms with van der Waals surface area (Å²) in [5.74, 6) is 0.710. The molecule has 0 bridgehead atoms. The third kappa shape index (κ3) is 0.734. The molecule has 0 saturated heterocycles. The van der Waals surface area contributed by atoms with Crippen LogP contribution in [0.2, 0.25) is 0 Å². The van der Waals surface area contributed by atoms with Gasteiger partial charge in [0.05, 0.1) is 0 Å². The number of halogens is 2. The third-order valence-electron chi connectivity index (χ3n) is 1.85. The molecule has 1 saturated carbocycles. The number of alkyl halides is 2. The molecule has 48 valence electrons. The minimum atomic E-state index is -0.505. The molecular weight excluding hydrogens is 145 g/mol. The molecule has 0 radical (unpaired) electrons. The van der Waals surface area contributed by atoms with Gasteiger partial charge in [-0.1, -0.05) is 6.92 Å². The molecular formula is C5H9Cl2N. The predicted octanol–water partition coefficient (Wildman–Crippen LogP) is 1.38. The van der Waals surface area contributed by atoms with Crippen LogP contribution in [0.3, 0.4) is 0 Å². The molecule has 1 aliphatic rings. The average Bonchev–Trinajstić information content (AvgIpc) is 2.09. The van der Waals surface area contributed by atoms with E-state index < -0.39 is 4.33 Å². The van der Waals surface area contributed by atoms with Crippen LogP contribution >= 0.6 is 23.2 Å². The Bertz CT molecular complexity index is 103. The highest BCUT2D eigenvalue weighted by Gasteiger charge is 2.59. The smallest absolute Gasteiger partial charge is 0.125 e. The fourth-order valence-corrected chi connectivity index (χ4v) is 1.66. The van der Waals surface area contributed by atoms with Crippen LogP contribution in [0.4, 0.5) is 0 Å². The van der Waals surface area contributed by atoms with Gasteiger partial charge in [-0.2, -0.15) is 0 Å². The lowest BCUT2D eigenvalue weighted by molar-refractivity contribution is 0.760. The lowest BCUT2D eigenvalue weighted by Crippen LogP contribution is -2.05. The van der Waals surface area contributed by atoms with Gasteiger partial charge in [0.1, 0.15) is 4.33 Å². The van der Waals surface area contributed by atoms with E-state index >= 15 is 0 Å². The first-order valence-corrected chi connectivity index (χ1v) is 3.44. The van der Waals surface area contributed by atoms with E-state index in [2.05, 4.69) is 0 Å². The van der Waals surface area contributed by atoms with E-state index in [0.29, 0.717) is 18.4 Å². The van der Waals surface area contributed by atoms with Gasteiger partial charge in [0.25, 0.3) is 0 Å². The van der Waals surface area contributed by atoms with E-state index in [9.17, 15) is 0 Å². The van der Waals surface area contributed by atoms with E-state index in [0.717, 1.165) is 0 Å². The minimum absolute atomic E-state index is 0.325. The first-order valence-electron chi connectivity index (χ1n) is 2.68. The van der Waals surface area contributed by atoms with Crippen molar-refractivity contribution in [1.29, 1.82) is 0 Å². The van der Waals surface area contributed by atoms with Gasteiger partial charge in [-0.25, -0.2) is 0 Å². The molecule has 0 aromatic carbocycles. The summed E-state index contributed by atoms with van der Waals surface area (Å²) in [7, 11) is 0. The molecule has 0 unspecified atom stereocenters. The van der Waals surface area contributed by atoms with Crippen molar-refractivity contribution in [3.05, 3.63) is 0 Å². The zero-order valence-electron chi connectivity index (χ0n) is 4.70. The van der Waals surface area contributed by atoms with E-state index in [1.54, 1.807) is 0 Å². The van der Waals surface area contributed by atoms with Crippen molar-refractivity contribution in [2.24, 2.45) is 17.6 Å². The van der Waals surface area contributed by atoms with E-state index in [1.807, 2.05) is 6.92 Å². The number of hydrogen-bond acceptors (Lipinski definition) is 1. The Balaban J connectivity index is 2.45. The van der Waals surface area contributed by atoms with Gasteiger partial charge in [-0.15, -0.1) is 23.2 Å². The average molecular weight is 154 g/mol. The molecule has 0 amide bonds. The van der Waals surface area contributed by atoms with Crippen LogP contribution in [0.25, 0.3) is 0 Å². The Morgan fingerprint density at radius 3 is 2.00 bits per heavy atom. The summed E-state index contributed by atoms with van der Waals surface area (Å²) in [5.41, 5.74) is 5.33. The number of rotatable bonds is 1. The highest BCUT2D eigenvalue weighted by molar-refractivity contribution is 6.51. The Morgan fingerprint density at radius 2 is 2.00 bits per heavy atom. The first kappa shape index (κ1) is 6.66. The zero-order chi connectivity index (χ0) is 6.36. The maximum absolute atomic E-state index is 5.74. The van der Waals surface area contributed by atoms with Crippen LogP contribution in [0, 0.1) is 11.8 Å². The minimum Gasteiger partial charge on any atom is -0.330 e. The molecule has 0 aliphatic heterocycles. The van der Waals surface area contributed by atoms with Gasteiger partial charge in [0.2, 0.25) is 0 Å². The Morgan fingerprint density at radius 1 is 1.62 bits per heavy atom. The number of hydrogen-bond donors (Lipinski definition) is 1. The topological polar surface area (TPSA) is 26.0 Å². The predicted molar refractivity (Wildman–Crippen MR) is 36.1 cm³/mol. The van der Waals surface area contributed by atoms with Crippen molar-refractivity contribution in [3.8, 4) is 0 Å². The normalized spacial score (nSPS) is 42.0. The molecule has 2 atom stereocenters. The fraction of sp³-hybridized carbons (Fsp3) is 1.00. The summed E-state index contributed by atoms with van der Waals surface area (Å²) >= 11 is 11.5. The van der Waals surface area contributed by atoms with Crippen molar-refractivity contribution in [2.45, 2.75) is 11.3 Å². The van der Waals surface area contributed by atoms with Crippen molar-refractivity contribution in [1.82, 2.24) is 0 Å².